The van der Waals surface area contributed by atoms with Crippen LogP contribution in [0.5, 0.6) is 0 Å². The van der Waals surface area contributed by atoms with Gasteiger partial charge in [0, 0.05) is 12.8 Å². The smallest absolute Gasteiger partial charge is 0.133 e. The van der Waals surface area contributed by atoms with Crippen molar-refractivity contribution in [3.8, 4) is 0 Å². The third kappa shape index (κ3) is 1.13. The molecule has 0 aromatic heterocycles. The lowest BCUT2D eigenvalue weighted by molar-refractivity contribution is -0.117. The van der Waals surface area contributed by atoms with Crippen LogP contribution in [0, 0.1) is 11.8 Å². The normalized spacial score (nSPS) is 36.1. The van der Waals surface area contributed by atoms with E-state index in [1.807, 2.05) is 0 Å². The Bertz CT molecular complexity index is 197. The van der Waals surface area contributed by atoms with Crippen LogP contribution in [0.1, 0.15) is 32.6 Å². The van der Waals surface area contributed by atoms with Gasteiger partial charge < -0.3 is 0 Å². The van der Waals surface area contributed by atoms with E-state index >= 15 is 0 Å². The van der Waals surface area contributed by atoms with Crippen LogP contribution >= 0.6 is 0 Å². The zero-order valence-corrected chi connectivity index (χ0v) is 6.97. The van der Waals surface area contributed by atoms with E-state index in [4.69, 9.17) is 0 Å². The Balaban J connectivity index is 2.09. The molecular weight excluding hydrogens is 136 g/mol. The number of carbonyl (C=O) groups excluding carboxylic acids is 1. The van der Waals surface area contributed by atoms with Crippen LogP contribution in [0.2, 0.25) is 0 Å². The largest absolute Gasteiger partial charge is 0.300 e. The number of rotatable bonds is 0. The summed E-state index contributed by atoms with van der Waals surface area (Å²) >= 11 is 0. The molecule has 0 spiro atoms. The van der Waals surface area contributed by atoms with Gasteiger partial charge in [-0.2, -0.15) is 0 Å². The first-order valence-corrected chi connectivity index (χ1v) is 4.45. The van der Waals surface area contributed by atoms with E-state index in [0.717, 1.165) is 12.8 Å². The Morgan fingerprint density at radius 1 is 1.18 bits per heavy atom. The summed E-state index contributed by atoms with van der Waals surface area (Å²) in [5.41, 5.74) is 1.58. The van der Waals surface area contributed by atoms with Crippen molar-refractivity contribution in [1.82, 2.24) is 0 Å². The highest BCUT2D eigenvalue weighted by Crippen LogP contribution is 2.44. The van der Waals surface area contributed by atoms with Gasteiger partial charge in [-0.15, -0.1) is 0 Å². The first-order valence-electron chi connectivity index (χ1n) is 4.45. The molecule has 1 nitrogen and oxygen atoms in total. The summed E-state index contributed by atoms with van der Waals surface area (Å²) in [4.78, 5) is 11.0. The van der Waals surface area contributed by atoms with Crippen LogP contribution < -0.4 is 0 Å². The first kappa shape index (κ1) is 7.08. The fraction of sp³-hybridized carbons (Fsp3) is 0.700. The highest BCUT2D eigenvalue weighted by atomic mass is 16.1. The Hall–Kier alpha value is -0.590. The third-order valence-corrected chi connectivity index (χ3v) is 3.10. The van der Waals surface area contributed by atoms with E-state index in [0.29, 0.717) is 17.6 Å². The lowest BCUT2D eigenvalue weighted by atomic mass is 10.0. The molecule has 1 heteroatoms. The summed E-state index contributed by atoms with van der Waals surface area (Å²) < 4.78 is 0. The molecule has 60 valence electrons. The van der Waals surface area contributed by atoms with Crippen molar-refractivity contribution < 1.29 is 4.79 Å². The second kappa shape index (κ2) is 2.47. The maximum absolute atomic E-state index is 11.0. The van der Waals surface area contributed by atoms with Crippen molar-refractivity contribution in [1.29, 1.82) is 0 Å². The van der Waals surface area contributed by atoms with Crippen molar-refractivity contribution in [3.63, 3.8) is 0 Å². The van der Waals surface area contributed by atoms with Gasteiger partial charge in [0.1, 0.15) is 5.78 Å². The fourth-order valence-corrected chi connectivity index (χ4v) is 2.47. The van der Waals surface area contributed by atoms with Crippen LogP contribution in [0.3, 0.4) is 0 Å². The third-order valence-electron chi connectivity index (χ3n) is 3.10. The quantitative estimate of drug-likeness (QED) is 0.484. The van der Waals surface area contributed by atoms with Gasteiger partial charge in [-0.3, -0.25) is 4.79 Å². The summed E-state index contributed by atoms with van der Waals surface area (Å²) in [5.74, 6) is 1.93. The van der Waals surface area contributed by atoms with Crippen molar-refractivity contribution >= 4 is 5.78 Å². The predicted octanol–water partition coefficient (Wildman–Crippen LogP) is 2.32. The lowest BCUT2D eigenvalue weighted by Gasteiger charge is -2.02. The average molecular weight is 150 g/mol. The number of carbonyl (C=O) groups is 1. The maximum Gasteiger partial charge on any atom is 0.133 e. The molecule has 2 saturated carbocycles. The van der Waals surface area contributed by atoms with Crippen LogP contribution in [0.15, 0.2) is 11.6 Å². The molecule has 2 rings (SSSR count). The number of ketones is 1. The van der Waals surface area contributed by atoms with Gasteiger partial charge in [-0.05, 0) is 31.6 Å². The van der Waals surface area contributed by atoms with Gasteiger partial charge in [0.2, 0.25) is 0 Å². The summed E-state index contributed by atoms with van der Waals surface area (Å²) in [6.45, 7) is 2.11. The Morgan fingerprint density at radius 3 is 2.18 bits per heavy atom. The predicted molar refractivity (Wildman–Crippen MR) is 44.2 cm³/mol. The van der Waals surface area contributed by atoms with Gasteiger partial charge in [0.25, 0.3) is 0 Å². The van der Waals surface area contributed by atoms with E-state index in [-0.39, 0.29) is 0 Å². The summed E-state index contributed by atoms with van der Waals surface area (Å²) in [7, 11) is 0. The molecule has 0 radical (unpaired) electrons. The van der Waals surface area contributed by atoms with Gasteiger partial charge in [-0.25, -0.2) is 0 Å². The Morgan fingerprint density at radius 2 is 1.73 bits per heavy atom. The molecule has 0 bridgehead atoms. The molecule has 2 unspecified atom stereocenters. The minimum absolute atomic E-state index is 0.496. The highest BCUT2D eigenvalue weighted by Gasteiger charge is 2.37. The van der Waals surface area contributed by atoms with Crippen molar-refractivity contribution in [2.75, 3.05) is 0 Å². The van der Waals surface area contributed by atoms with Crippen molar-refractivity contribution in [2.45, 2.75) is 32.6 Å². The molecule has 0 aliphatic heterocycles. The monoisotopic (exact) mass is 150 g/mol. The Labute approximate surface area is 67.5 Å². The highest BCUT2D eigenvalue weighted by molar-refractivity contribution is 5.81. The standard InChI is InChI=1S/C10H14O/c1-2-7-3-8-5-10(11)6-9(8)4-7/h2,8-9H,3-6H2,1H3. The number of allylic oxidation sites excluding steroid dienone is 2. The van der Waals surface area contributed by atoms with Gasteiger partial charge >= 0.3 is 0 Å². The molecule has 0 amide bonds. The second-order valence-corrected chi connectivity index (χ2v) is 3.82. The molecule has 0 aromatic rings. The lowest BCUT2D eigenvalue weighted by Crippen LogP contribution is -1.95. The molecule has 2 aliphatic carbocycles. The number of fused-ring (bicyclic) bond motifs is 1. The van der Waals surface area contributed by atoms with Crippen LogP contribution in [-0.2, 0) is 4.79 Å². The van der Waals surface area contributed by atoms with Crippen molar-refractivity contribution in [2.24, 2.45) is 11.8 Å². The number of hydrogen-bond acceptors (Lipinski definition) is 1. The van der Waals surface area contributed by atoms with E-state index in [2.05, 4.69) is 13.0 Å². The molecule has 0 N–H and O–H groups in total. The van der Waals surface area contributed by atoms with Crippen LogP contribution in [-0.4, -0.2) is 5.78 Å². The number of hydrogen-bond donors (Lipinski definition) is 0. The van der Waals surface area contributed by atoms with Gasteiger partial charge in [0.15, 0.2) is 0 Å². The molecule has 2 atom stereocenters. The molecule has 2 aliphatic rings. The first-order chi connectivity index (χ1) is 5.29. The minimum atomic E-state index is 0.496. The molecule has 11 heavy (non-hydrogen) atoms. The molecule has 0 saturated heterocycles. The van der Waals surface area contributed by atoms with E-state index in [1.165, 1.54) is 12.8 Å². The summed E-state index contributed by atoms with van der Waals surface area (Å²) in [5, 5.41) is 0. The SMILES string of the molecule is CC=C1CC2CC(=O)CC2C1. The fourth-order valence-electron chi connectivity index (χ4n) is 2.47. The van der Waals surface area contributed by atoms with E-state index in [1.54, 1.807) is 5.57 Å². The molecule has 0 aromatic carbocycles. The summed E-state index contributed by atoms with van der Waals surface area (Å²) in [6.07, 6.45) is 6.35. The average Bonchev–Trinajstić information content (AvgIpc) is 2.43. The molecule has 2 fully saturated rings. The zero-order valence-electron chi connectivity index (χ0n) is 6.97. The van der Waals surface area contributed by atoms with Crippen LogP contribution in [0.25, 0.3) is 0 Å². The van der Waals surface area contributed by atoms with E-state index in [9.17, 15) is 4.79 Å². The zero-order chi connectivity index (χ0) is 7.84. The Kier molecular flexibility index (Phi) is 1.59. The molecular formula is C10H14O. The minimum Gasteiger partial charge on any atom is -0.300 e. The molecule has 0 heterocycles. The van der Waals surface area contributed by atoms with Crippen molar-refractivity contribution in [3.05, 3.63) is 11.6 Å². The maximum atomic E-state index is 11.0. The van der Waals surface area contributed by atoms with Gasteiger partial charge in [0.05, 0.1) is 0 Å². The summed E-state index contributed by atoms with van der Waals surface area (Å²) in [6, 6.07) is 0. The van der Waals surface area contributed by atoms with Crippen LogP contribution in [0.4, 0.5) is 0 Å². The second-order valence-electron chi connectivity index (χ2n) is 3.82. The van der Waals surface area contributed by atoms with Gasteiger partial charge in [-0.1, -0.05) is 11.6 Å². The topological polar surface area (TPSA) is 17.1 Å². The number of Topliss-reactive ketones (excluding diaryl/α,β-unsaturated/α-hetero) is 1. The van der Waals surface area contributed by atoms with E-state index < -0.39 is 0 Å².